The summed E-state index contributed by atoms with van der Waals surface area (Å²) >= 11 is 0. The summed E-state index contributed by atoms with van der Waals surface area (Å²) in [5, 5.41) is 0. The van der Waals surface area contributed by atoms with Crippen LogP contribution in [0, 0.1) is 6.92 Å². The van der Waals surface area contributed by atoms with Crippen molar-refractivity contribution in [1.29, 1.82) is 0 Å². The molecule has 0 aromatic carbocycles. The SMILES string of the molecule is CC(=O)N1CCC[C@H]1c1cc(C)ccn1. The molecule has 0 aliphatic carbocycles. The highest BCUT2D eigenvalue weighted by Crippen LogP contribution is 2.30. The topological polar surface area (TPSA) is 33.2 Å². The molecule has 15 heavy (non-hydrogen) atoms. The molecule has 2 heterocycles. The summed E-state index contributed by atoms with van der Waals surface area (Å²) in [6.45, 7) is 4.56. The van der Waals surface area contributed by atoms with Gasteiger partial charge in [-0.25, -0.2) is 0 Å². The van der Waals surface area contributed by atoms with E-state index >= 15 is 0 Å². The third-order valence-corrected chi connectivity index (χ3v) is 2.94. The van der Waals surface area contributed by atoms with Gasteiger partial charge in [0.1, 0.15) is 0 Å². The lowest BCUT2D eigenvalue weighted by atomic mass is 10.1. The molecule has 1 saturated heterocycles. The van der Waals surface area contributed by atoms with E-state index in [-0.39, 0.29) is 11.9 Å². The van der Waals surface area contributed by atoms with Crippen LogP contribution in [0.15, 0.2) is 18.3 Å². The molecule has 0 N–H and O–H groups in total. The van der Waals surface area contributed by atoms with Crippen LogP contribution in [0.5, 0.6) is 0 Å². The minimum atomic E-state index is 0.154. The second-order valence-electron chi connectivity index (χ2n) is 4.13. The average molecular weight is 204 g/mol. The first-order chi connectivity index (χ1) is 7.18. The monoisotopic (exact) mass is 204 g/mol. The molecule has 1 amide bonds. The van der Waals surface area contributed by atoms with Crippen molar-refractivity contribution >= 4 is 5.91 Å². The van der Waals surface area contributed by atoms with E-state index in [0.717, 1.165) is 25.1 Å². The van der Waals surface area contributed by atoms with Gasteiger partial charge >= 0.3 is 0 Å². The lowest BCUT2D eigenvalue weighted by molar-refractivity contribution is -0.129. The standard InChI is InChI=1S/C12H16N2O/c1-9-5-6-13-11(8-9)12-4-3-7-14(12)10(2)15/h5-6,8,12H,3-4,7H2,1-2H3/t12-/m0/s1. The zero-order valence-corrected chi connectivity index (χ0v) is 9.23. The normalized spacial score (nSPS) is 20.7. The largest absolute Gasteiger partial charge is 0.334 e. The van der Waals surface area contributed by atoms with Crippen LogP contribution >= 0.6 is 0 Å². The Balaban J connectivity index is 2.26. The Kier molecular flexibility index (Phi) is 2.71. The Bertz CT molecular complexity index is 376. The van der Waals surface area contributed by atoms with Crippen molar-refractivity contribution in [3.05, 3.63) is 29.6 Å². The smallest absolute Gasteiger partial charge is 0.220 e. The summed E-state index contributed by atoms with van der Waals surface area (Å²) in [7, 11) is 0. The number of nitrogens with zero attached hydrogens (tertiary/aromatic N) is 2. The van der Waals surface area contributed by atoms with Gasteiger partial charge in [-0.3, -0.25) is 9.78 Å². The molecule has 1 atom stereocenters. The van der Waals surface area contributed by atoms with Gasteiger partial charge in [0.15, 0.2) is 0 Å². The third-order valence-electron chi connectivity index (χ3n) is 2.94. The Labute approximate surface area is 90.1 Å². The second kappa shape index (κ2) is 4.01. The van der Waals surface area contributed by atoms with Crippen LogP contribution in [0.1, 0.15) is 37.1 Å². The molecular weight excluding hydrogens is 188 g/mol. The predicted molar refractivity (Wildman–Crippen MR) is 58.3 cm³/mol. The van der Waals surface area contributed by atoms with Crippen LogP contribution in [0.25, 0.3) is 0 Å². The highest BCUT2D eigenvalue weighted by molar-refractivity contribution is 5.74. The maximum atomic E-state index is 11.4. The summed E-state index contributed by atoms with van der Waals surface area (Å²) in [5.41, 5.74) is 2.23. The summed E-state index contributed by atoms with van der Waals surface area (Å²) in [6.07, 6.45) is 3.94. The molecule has 80 valence electrons. The molecule has 0 spiro atoms. The fourth-order valence-electron chi connectivity index (χ4n) is 2.19. The van der Waals surface area contributed by atoms with Crippen LogP contribution in [0.3, 0.4) is 0 Å². The van der Waals surface area contributed by atoms with Gasteiger partial charge in [0.2, 0.25) is 5.91 Å². The molecule has 1 aliphatic heterocycles. The Morgan fingerprint density at radius 2 is 2.40 bits per heavy atom. The van der Waals surface area contributed by atoms with E-state index in [1.807, 2.05) is 17.2 Å². The number of rotatable bonds is 1. The number of hydrogen-bond acceptors (Lipinski definition) is 2. The van der Waals surface area contributed by atoms with E-state index in [1.165, 1.54) is 5.56 Å². The summed E-state index contributed by atoms with van der Waals surface area (Å²) < 4.78 is 0. The van der Waals surface area contributed by atoms with Crippen molar-refractivity contribution in [1.82, 2.24) is 9.88 Å². The number of aryl methyl sites for hydroxylation is 1. The highest BCUT2D eigenvalue weighted by atomic mass is 16.2. The van der Waals surface area contributed by atoms with Crippen molar-refractivity contribution in [3.63, 3.8) is 0 Å². The first-order valence-corrected chi connectivity index (χ1v) is 5.38. The van der Waals surface area contributed by atoms with Gasteiger partial charge < -0.3 is 4.90 Å². The number of pyridine rings is 1. The van der Waals surface area contributed by atoms with Gasteiger partial charge in [0, 0.05) is 19.7 Å². The number of likely N-dealkylation sites (tertiary alicyclic amines) is 1. The molecule has 3 nitrogen and oxygen atoms in total. The number of carbonyl (C=O) groups is 1. The predicted octanol–water partition coefficient (Wildman–Crippen LogP) is 2.07. The van der Waals surface area contributed by atoms with Crippen LogP contribution in [-0.4, -0.2) is 22.3 Å². The molecule has 1 aromatic heterocycles. The fraction of sp³-hybridized carbons (Fsp3) is 0.500. The molecule has 0 radical (unpaired) electrons. The molecule has 1 aliphatic rings. The van der Waals surface area contributed by atoms with Gasteiger partial charge in [0.25, 0.3) is 0 Å². The molecule has 3 heteroatoms. The molecular formula is C12H16N2O. The van der Waals surface area contributed by atoms with E-state index in [1.54, 1.807) is 6.92 Å². The van der Waals surface area contributed by atoms with Gasteiger partial charge in [-0.2, -0.15) is 0 Å². The zero-order valence-electron chi connectivity index (χ0n) is 9.23. The molecule has 0 saturated carbocycles. The van der Waals surface area contributed by atoms with Gasteiger partial charge in [0.05, 0.1) is 11.7 Å². The van der Waals surface area contributed by atoms with E-state index < -0.39 is 0 Å². The minimum Gasteiger partial charge on any atom is -0.334 e. The zero-order chi connectivity index (χ0) is 10.8. The number of aromatic nitrogens is 1. The molecule has 1 fully saturated rings. The second-order valence-corrected chi connectivity index (χ2v) is 4.13. The first kappa shape index (κ1) is 10.1. The molecule has 0 unspecified atom stereocenters. The van der Waals surface area contributed by atoms with Crippen LogP contribution < -0.4 is 0 Å². The first-order valence-electron chi connectivity index (χ1n) is 5.38. The number of carbonyl (C=O) groups excluding carboxylic acids is 1. The van der Waals surface area contributed by atoms with Crippen LogP contribution in [0.2, 0.25) is 0 Å². The summed E-state index contributed by atoms with van der Waals surface area (Å²) in [5.74, 6) is 0.154. The van der Waals surface area contributed by atoms with Gasteiger partial charge in [-0.05, 0) is 37.5 Å². The van der Waals surface area contributed by atoms with Crippen LogP contribution in [-0.2, 0) is 4.79 Å². The van der Waals surface area contributed by atoms with Gasteiger partial charge in [-0.1, -0.05) is 0 Å². The number of amides is 1. The quantitative estimate of drug-likeness (QED) is 0.701. The highest BCUT2D eigenvalue weighted by Gasteiger charge is 2.28. The van der Waals surface area contributed by atoms with Crippen molar-refractivity contribution in [2.75, 3.05) is 6.54 Å². The van der Waals surface area contributed by atoms with E-state index in [0.29, 0.717) is 0 Å². The lowest BCUT2D eigenvalue weighted by Crippen LogP contribution is -2.28. The van der Waals surface area contributed by atoms with Crippen molar-refractivity contribution in [3.8, 4) is 0 Å². The lowest BCUT2D eigenvalue weighted by Gasteiger charge is -2.22. The molecule has 0 bridgehead atoms. The Hall–Kier alpha value is -1.38. The minimum absolute atomic E-state index is 0.154. The maximum absolute atomic E-state index is 11.4. The van der Waals surface area contributed by atoms with Crippen LogP contribution in [0.4, 0.5) is 0 Å². The Morgan fingerprint density at radius 3 is 3.07 bits per heavy atom. The van der Waals surface area contributed by atoms with Crippen molar-refractivity contribution < 1.29 is 4.79 Å². The summed E-state index contributed by atoms with van der Waals surface area (Å²) in [6, 6.07) is 4.25. The maximum Gasteiger partial charge on any atom is 0.220 e. The van der Waals surface area contributed by atoms with E-state index in [4.69, 9.17) is 0 Å². The third kappa shape index (κ3) is 2.01. The number of hydrogen-bond donors (Lipinski definition) is 0. The molecule has 2 rings (SSSR count). The summed E-state index contributed by atoms with van der Waals surface area (Å²) in [4.78, 5) is 17.7. The fourth-order valence-corrected chi connectivity index (χ4v) is 2.19. The van der Waals surface area contributed by atoms with E-state index in [2.05, 4.69) is 18.0 Å². The average Bonchev–Trinajstić information content (AvgIpc) is 2.65. The molecule has 1 aromatic rings. The van der Waals surface area contributed by atoms with Crippen molar-refractivity contribution in [2.45, 2.75) is 32.7 Å². The van der Waals surface area contributed by atoms with Crippen molar-refractivity contribution in [2.24, 2.45) is 0 Å². The van der Waals surface area contributed by atoms with Gasteiger partial charge in [-0.15, -0.1) is 0 Å². The van der Waals surface area contributed by atoms with E-state index in [9.17, 15) is 4.79 Å². The Morgan fingerprint density at radius 1 is 1.60 bits per heavy atom.